The quantitative estimate of drug-likeness (QED) is 0.626. The van der Waals surface area contributed by atoms with E-state index >= 15 is 0 Å². The topological polar surface area (TPSA) is 95.8 Å². The fourth-order valence-corrected chi connectivity index (χ4v) is 3.16. The smallest absolute Gasteiger partial charge is 0.321 e. The molecule has 2 aromatic rings. The summed E-state index contributed by atoms with van der Waals surface area (Å²) in [5.74, 6) is 0.113. The third kappa shape index (κ3) is 4.11. The zero-order valence-corrected chi connectivity index (χ0v) is 15.8. The summed E-state index contributed by atoms with van der Waals surface area (Å²) < 4.78 is 0. The lowest BCUT2D eigenvalue weighted by Gasteiger charge is -2.25. The van der Waals surface area contributed by atoms with Gasteiger partial charge in [0.1, 0.15) is 0 Å². The van der Waals surface area contributed by atoms with Gasteiger partial charge in [0, 0.05) is 43.5 Å². The van der Waals surface area contributed by atoms with Crippen LogP contribution in [-0.4, -0.2) is 35.4 Å². The molecule has 0 spiro atoms. The number of urea groups is 1. The molecule has 3 rings (SSSR count). The number of nitrogens with one attached hydrogen (secondary N) is 1. The van der Waals surface area contributed by atoms with E-state index in [1.165, 1.54) is 17.0 Å². The lowest BCUT2D eigenvalue weighted by Crippen LogP contribution is -2.33. The van der Waals surface area contributed by atoms with Crippen LogP contribution in [0.3, 0.4) is 0 Å². The first-order valence-corrected chi connectivity index (χ1v) is 9.05. The Labute approximate surface area is 162 Å². The van der Waals surface area contributed by atoms with E-state index in [1.807, 2.05) is 12.1 Å². The van der Waals surface area contributed by atoms with Crippen LogP contribution in [-0.2, 0) is 4.79 Å². The van der Waals surface area contributed by atoms with Gasteiger partial charge >= 0.3 is 6.03 Å². The number of carbonyl (C=O) groups excluding carboxylic acids is 2. The number of amides is 3. The number of nitro groups is 1. The molecule has 1 aliphatic heterocycles. The van der Waals surface area contributed by atoms with Crippen LogP contribution in [0.4, 0.5) is 21.9 Å². The fourth-order valence-electron chi connectivity index (χ4n) is 3.16. The number of benzene rings is 2. The summed E-state index contributed by atoms with van der Waals surface area (Å²) >= 11 is 0. The molecule has 8 heteroatoms. The fraction of sp³-hybridized carbons (Fsp3) is 0.300. The van der Waals surface area contributed by atoms with E-state index in [1.54, 1.807) is 43.1 Å². The molecule has 28 heavy (non-hydrogen) atoms. The second-order valence-corrected chi connectivity index (χ2v) is 6.76. The largest absolute Gasteiger partial charge is 0.322 e. The molecule has 1 aliphatic rings. The first-order valence-electron chi connectivity index (χ1n) is 9.05. The van der Waals surface area contributed by atoms with Gasteiger partial charge in [-0.2, -0.15) is 0 Å². The van der Waals surface area contributed by atoms with Gasteiger partial charge in [-0.1, -0.05) is 12.1 Å². The second-order valence-electron chi connectivity index (χ2n) is 6.76. The van der Waals surface area contributed by atoms with Crippen LogP contribution < -0.4 is 10.2 Å². The third-order valence-electron chi connectivity index (χ3n) is 4.97. The van der Waals surface area contributed by atoms with Gasteiger partial charge in [0.15, 0.2) is 0 Å². The molecule has 1 unspecified atom stereocenters. The summed E-state index contributed by atoms with van der Waals surface area (Å²) in [6.07, 6.45) is 1.43. The summed E-state index contributed by atoms with van der Waals surface area (Å²) in [5.41, 5.74) is 2.09. The van der Waals surface area contributed by atoms with Crippen LogP contribution >= 0.6 is 0 Å². The van der Waals surface area contributed by atoms with E-state index in [0.717, 1.165) is 12.1 Å². The number of hydrogen-bond donors (Lipinski definition) is 1. The average Bonchev–Trinajstić information content (AvgIpc) is 3.13. The molecule has 0 bridgehead atoms. The van der Waals surface area contributed by atoms with Gasteiger partial charge in [-0.05, 0) is 43.2 Å². The Balaban J connectivity index is 1.66. The van der Waals surface area contributed by atoms with Crippen molar-refractivity contribution < 1.29 is 14.5 Å². The number of nitrogens with zero attached hydrogens (tertiary/aromatic N) is 3. The normalized spacial score (nSPS) is 14.6. The van der Waals surface area contributed by atoms with Crippen molar-refractivity contribution in [3.63, 3.8) is 0 Å². The van der Waals surface area contributed by atoms with Gasteiger partial charge in [-0.25, -0.2) is 4.79 Å². The van der Waals surface area contributed by atoms with E-state index in [-0.39, 0.29) is 23.7 Å². The molecule has 0 saturated carbocycles. The molecule has 0 aliphatic carbocycles. The lowest BCUT2D eigenvalue weighted by atomic mass is 10.1. The Morgan fingerprint density at radius 2 is 1.96 bits per heavy atom. The first kappa shape index (κ1) is 19.3. The highest BCUT2D eigenvalue weighted by molar-refractivity contribution is 5.96. The minimum absolute atomic E-state index is 0.00907. The molecule has 0 radical (unpaired) electrons. The maximum atomic E-state index is 12.6. The van der Waals surface area contributed by atoms with E-state index in [2.05, 4.69) is 5.32 Å². The van der Waals surface area contributed by atoms with Gasteiger partial charge < -0.3 is 15.1 Å². The molecule has 2 aromatic carbocycles. The molecular weight excluding hydrogens is 360 g/mol. The van der Waals surface area contributed by atoms with Crippen molar-refractivity contribution in [1.29, 1.82) is 0 Å². The van der Waals surface area contributed by atoms with Crippen molar-refractivity contribution in [2.45, 2.75) is 25.8 Å². The zero-order chi connectivity index (χ0) is 20.3. The minimum Gasteiger partial charge on any atom is -0.321 e. The summed E-state index contributed by atoms with van der Waals surface area (Å²) in [6, 6.07) is 12.7. The van der Waals surface area contributed by atoms with Crippen molar-refractivity contribution in [1.82, 2.24) is 4.90 Å². The van der Waals surface area contributed by atoms with Crippen LogP contribution in [0, 0.1) is 10.1 Å². The molecule has 1 saturated heterocycles. The predicted octanol–water partition coefficient (Wildman–Crippen LogP) is 3.95. The average molecular weight is 382 g/mol. The minimum atomic E-state index is -0.455. The highest BCUT2D eigenvalue weighted by Crippen LogP contribution is 2.25. The Bertz CT molecular complexity index is 897. The van der Waals surface area contributed by atoms with Crippen LogP contribution in [0.15, 0.2) is 48.5 Å². The van der Waals surface area contributed by atoms with E-state index in [0.29, 0.717) is 24.2 Å². The number of carbonyl (C=O) groups is 2. The standard InChI is InChI=1S/C20H22N4O4/c1-14(15-5-3-6-18(13-15)24(27)28)22(2)20(26)21-16-8-10-17(11-9-16)23-12-4-7-19(23)25/h3,5-6,8-11,13-14H,4,7,12H2,1-2H3,(H,21,26). The van der Waals surface area contributed by atoms with Gasteiger partial charge in [-0.15, -0.1) is 0 Å². The molecular formula is C20H22N4O4. The van der Waals surface area contributed by atoms with Crippen molar-refractivity contribution in [3.8, 4) is 0 Å². The van der Waals surface area contributed by atoms with Gasteiger partial charge in [0.05, 0.1) is 11.0 Å². The zero-order valence-electron chi connectivity index (χ0n) is 15.8. The molecule has 1 N–H and O–H groups in total. The van der Waals surface area contributed by atoms with E-state index < -0.39 is 4.92 Å². The van der Waals surface area contributed by atoms with Crippen LogP contribution in [0.25, 0.3) is 0 Å². The molecule has 1 heterocycles. The number of hydrogen-bond acceptors (Lipinski definition) is 4. The van der Waals surface area contributed by atoms with Gasteiger partial charge in [-0.3, -0.25) is 14.9 Å². The van der Waals surface area contributed by atoms with E-state index in [9.17, 15) is 19.7 Å². The molecule has 1 atom stereocenters. The lowest BCUT2D eigenvalue weighted by molar-refractivity contribution is -0.384. The predicted molar refractivity (Wildman–Crippen MR) is 106 cm³/mol. The molecule has 1 fully saturated rings. The Morgan fingerprint density at radius 3 is 2.57 bits per heavy atom. The molecule has 3 amide bonds. The molecule has 8 nitrogen and oxygen atoms in total. The highest BCUT2D eigenvalue weighted by Gasteiger charge is 2.22. The van der Waals surface area contributed by atoms with Crippen molar-refractivity contribution in [2.24, 2.45) is 0 Å². The maximum absolute atomic E-state index is 12.6. The van der Waals surface area contributed by atoms with Gasteiger partial charge in [0.25, 0.3) is 5.69 Å². The Hall–Kier alpha value is -3.42. The number of non-ortho nitro benzene ring substituents is 1. The molecule has 0 aromatic heterocycles. The number of anilines is 2. The SMILES string of the molecule is CC(c1cccc([N+](=O)[O-])c1)N(C)C(=O)Nc1ccc(N2CCCC2=O)cc1. The summed E-state index contributed by atoms with van der Waals surface area (Å²) in [7, 11) is 1.64. The van der Waals surface area contributed by atoms with Gasteiger partial charge in [0.2, 0.25) is 5.91 Å². The monoisotopic (exact) mass is 382 g/mol. The van der Waals surface area contributed by atoms with Crippen molar-refractivity contribution in [2.75, 3.05) is 23.8 Å². The number of rotatable bonds is 5. The summed E-state index contributed by atoms with van der Waals surface area (Å²) in [6.45, 7) is 2.52. The van der Waals surface area contributed by atoms with E-state index in [4.69, 9.17) is 0 Å². The maximum Gasteiger partial charge on any atom is 0.322 e. The Kier molecular flexibility index (Phi) is 5.58. The Morgan fingerprint density at radius 1 is 1.25 bits per heavy atom. The highest BCUT2D eigenvalue weighted by atomic mass is 16.6. The summed E-state index contributed by atoms with van der Waals surface area (Å²) in [4.78, 5) is 38.1. The summed E-state index contributed by atoms with van der Waals surface area (Å²) in [5, 5.41) is 13.8. The molecule has 146 valence electrons. The number of nitro benzene ring substituents is 1. The van der Waals surface area contributed by atoms with Crippen LogP contribution in [0.5, 0.6) is 0 Å². The van der Waals surface area contributed by atoms with Crippen molar-refractivity contribution >= 4 is 29.0 Å². The van der Waals surface area contributed by atoms with Crippen molar-refractivity contribution in [3.05, 3.63) is 64.2 Å². The third-order valence-corrected chi connectivity index (χ3v) is 4.97. The van der Waals surface area contributed by atoms with Crippen LogP contribution in [0.2, 0.25) is 0 Å². The van der Waals surface area contributed by atoms with Crippen LogP contribution in [0.1, 0.15) is 31.4 Å². The second kappa shape index (κ2) is 8.08. The first-order chi connectivity index (χ1) is 13.4.